The number of nitrogens with zero attached hydrogens (tertiary/aromatic N) is 1. The SMILES string of the molecule is O=C1NC(=S)N(Cc2ccco2)C(=O)/C1=C\c1ccc(-c2ccc(Cl)c(C(=O)O)c2)o1. The molecule has 0 atom stereocenters. The fraction of sp³-hybridized carbons (Fsp3) is 0.0476. The Morgan fingerprint density at radius 3 is 2.74 bits per heavy atom. The van der Waals surface area contributed by atoms with Gasteiger partial charge in [0.1, 0.15) is 22.9 Å². The molecule has 2 amide bonds. The second-order valence-electron chi connectivity index (χ2n) is 6.49. The zero-order chi connectivity index (χ0) is 22.1. The van der Waals surface area contributed by atoms with E-state index in [-0.39, 0.29) is 33.6 Å². The summed E-state index contributed by atoms with van der Waals surface area (Å²) in [5, 5.41) is 11.8. The molecule has 2 aromatic heterocycles. The van der Waals surface area contributed by atoms with Crippen molar-refractivity contribution in [2.24, 2.45) is 0 Å². The number of hydrogen-bond donors (Lipinski definition) is 2. The predicted octanol–water partition coefficient (Wildman–Crippen LogP) is 3.72. The van der Waals surface area contributed by atoms with Gasteiger partial charge in [0, 0.05) is 5.56 Å². The van der Waals surface area contributed by atoms with Gasteiger partial charge in [-0.2, -0.15) is 0 Å². The first kappa shape index (κ1) is 20.6. The molecule has 0 bridgehead atoms. The van der Waals surface area contributed by atoms with E-state index in [1.807, 2.05) is 0 Å². The van der Waals surface area contributed by atoms with Crippen LogP contribution in [0.5, 0.6) is 0 Å². The van der Waals surface area contributed by atoms with Crippen LogP contribution in [-0.4, -0.2) is 32.9 Å². The number of amides is 2. The maximum Gasteiger partial charge on any atom is 0.337 e. The summed E-state index contributed by atoms with van der Waals surface area (Å²) in [5.41, 5.74) is 0.245. The average molecular weight is 457 g/mol. The standard InChI is InChI=1S/C21H13ClN2O6S/c22-16-5-3-11(8-14(16)20(27)28)17-6-4-12(30-17)9-15-18(25)23-21(31)24(19(15)26)10-13-2-1-7-29-13/h1-9H,10H2,(H,27,28)(H,23,25,31)/b15-9-. The number of nitrogens with one attached hydrogen (secondary N) is 1. The van der Waals surface area contributed by atoms with Crippen molar-refractivity contribution in [2.75, 3.05) is 0 Å². The summed E-state index contributed by atoms with van der Waals surface area (Å²) in [6, 6.07) is 11.0. The van der Waals surface area contributed by atoms with Gasteiger partial charge in [0.05, 0.1) is 23.4 Å². The molecule has 1 fully saturated rings. The first-order valence-corrected chi connectivity index (χ1v) is 9.66. The Balaban J connectivity index is 1.62. The monoisotopic (exact) mass is 456 g/mol. The lowest BCUT2D eigenvalue weighted by atomic mass is 10.1. The number of carboxylic acid groups (broad SMARTS) is 1. The lowest BCUT2D eigenvalue weighted by molar-refractivity contribution is -0.129. The summed E-state index contributed by atoms with van der Waals surface area (Å²) in [5.74, 6) is -1.34. The third-order valence-electron chi connectivity index (χ3n) is 4.47. The Bertz CT molecular complexity index is 1240. The molecule has 1 aromatic carbocycles. The third-order valence-corrected chi connectivity index (χ3v) is 5.13. The van der Waals surface area contributed by atoms with Crippen LogP contribution in [0.3, 0.4) is 0 Å². The summed E-state index contributed by atoms with van der Waals surface area (Å²) < 4.78 is 10.9. The highest BCUT2D eigenvalue weighted by atomic mass is 35.5. The van der Waals surface area contributed by atoms with Gasteiger partial charge in [-0.3, -0.25) is 19.8 Å². The van der Waals surface area contributed by atoms with Crippen molar-refractivity contribution in [2.45, 2.75) is 6.54 Å². The molecule has 1 saturated heterocycles. The summed E-state index contributed by atoms with van der Waals surface area (Å²) in [6.07, 6.45) is 2.77. The molecule has 0 unspecified atom stereocenters. The van der Waals surface area contributed by atoms with Gasteiger partial charge in [-0.1, -0.05) is 11.6 Å². The number of rotatable bonds is 5. The minimum absolute atomic E-state index is 0.0222. The van der Waals surface area contributed by atoms with Crippen LogP contribution in [0.25, 0.3) is 17.4 Å². The van der Waals surface area contributed by atoms with Gasteiger partial charge < -0.3 is 13.9 Å². The molecule has 0 radical (unpaired) electrons. The Morgan fingerprint density at radius 2 is 2.03 bits per heavy atom. The van der Waals surface area contributed by atoms with E-state index in [4.69, 9.17) is 32.7 Å². The van der Waals surface area contributed by atoms with Crippen LogP contribution >= 0.6 is 23.8 Å². The van der Waals surface area contributed by atoms with Crippen LogP contribution in [-0.2, 0) is 16.1 Å². The van der Waals surface area contributed by atoms with E-state index in [0.29, 0.717) is 17.1 Å². The molecule has 4 rings (SSSR count). The second kappa shape index (κ2) is 8.21. The van der Waals surface area contributed by atoms with Crippen LogP contribution in [0.15, 0.2) is 63.1 Å². The first-order chi connectivity index (χ1) is 14.8. The van der Waals surface area contributed by atoms with Gasteiger partial charge in [0.15, 0.2) is 5.11 Å². The molecular formula is C21H13ClN2O6S. The molecule has 3 aromatic rings. The maximum absolute atomic E-state index is 12.9. The molecular weight excluding hydrogens is 444 g/mol. The molecule has 0 spiro atoms. The van der Waals surface area contributed by atoms with Gasteiger partial charge in [-0.05, 0) is 60.8 Å². The number of furan rings is 2. The number of carbonyl (C=O) groups excluding carboxylic acids is 2. The Labute approximate surface area is 185 Å². The average Bonchev–Trinajstić information content (AvgIpc) is 3.40. The van der Waals surface area contributed by atoms with E-state index in [1.165, 1.54) is 29.4 Å². The summed E-state index contributed by atoms with van der Waals surface area (Å²) in [6.45, 7) is 0.0639. The fourth-order valence-electron chi connectivity index (χ4n) is 2.97. The zero-order valence-electron chi connectivity index (χ0n) is 15.6. The molecule has 0 aliphatic carbocycles. The van der Waals surface area contributed by atoms with Crippen molar-refractivity contribution in [1.82, 2.24) is 10.2 Å². The smallest absolute Gasteiger partial charge is 0.337 e. The van der Waals surface area contributed by atoms with Crippen molar-refractivity contribution in [3.63, 3.8) is 0 Å². The van der Waals surface area contributed by atoms with Crippen molar-refractivity contribution in [3.8, 4) is 11.3 Å². The van der Waals surface area contributed by atoms with Crippen molar-refractivity contribution in [1.29, 1.82) is 0 Å². The Morgan fingerprint density at radius 1 is 1.23 bits per heavy atom. The number of benzene rings is 1. The van der Waals surface area contributed by atoms with E-state index in [2.05, 4.69) is 5.32 Å². The van der Waals surface area contributed by atoms with E-state index in [9.17, 15) is 19.5 Å². The molecule has 10 heteroatoms. The van der Waals surface area contributed by atoms with Crippen LogP contribution in [0, 0.1) is 0 Å². The molecule has 31 heavy (non-hydrogen) atoms. The van der Waals surface area contributed by atoms with E-state index < -0.39 is 17.8 Å². The van der Waals surface area contributed by atoms with Crippen molar-refractivity contribution >= 4 is 52.8 Å². The lowest BCUT2D eigenvalue weighted by Crippen LogP contribution is -2.53. The van der Waals surface area contributed by atoms with Gasteiger partial charge >= 0.3 is 5.97 Å². The number of halogens is 1. The summed E-state index contributed by atoms with van der Waals surface area (Å²) >= 11 is 11.0. The Hall–Kier alpha value is -3.69. The van der Waals surface area contributed by atoms with Crippen LogP contribution in [0.4, 0.5) is 0 Å². The highest BCUT2D eigenvalue weighted by molar-refractivity contribution is 7.80. The molecule has 156 valence electrons. The lowest BCUT2D eigenvalue weighted by Gasteiger charge is -2.27. The number of thiocarbonyl (C=S) groups is 1. The maximum atomic E-state index is 12.9. The quantitative estimate of drug-likeness (QED) is 0.341. The molecule has 0 saturated carbocycles. The predicted molar refractivity (Wildman–Crippen MR) is 114 cm³/mol. The zero-order valence-corrected chi connectivity index (χ0v) is 17.2. The first-order valence-electron chi connectivity index (χ1n) is 8.88. The largest absolute Gasteiger partial charge is 0.478 e. The fourth-order valence-corrected chi connectivity index (χ4v) is 3.40. The minimum atomic E-state index is -1.17. The summed E-state index contributed by atoms with van der Waals surface area (Å²) in [7, 11) is 0. The Kier molecular flexibility index (Phi) is 5.45. The van der Waals surface area contributed by atoms with Crippen molar-refractivity contribution in [3.05, 3.63) is 76.4 Å². The van der Waals surface area contributed by atoms with Gasteiger partial charge in [0.2, 0.25) is 0 Å². The van der Waals surface area contributed by atoms with Gasteiger partial charge in [0.25, 0.3) is 11.8 Å². The number of aromatic carboxylic acids is 1. The minimum Gasteiger partial charge on any atom is -0.478 e. The topological polar surface area (TPSA) is 113 Å². The molecule has 3 heterocycles. The van der Waals surface area contributed by atoms with Crippen molar-refractivity contribution < 1.29 is 28.3 Å². The van der Waals surface area contributed by atoms with Crippen LogP contribution in [0.2, 0.25) is 5.02 Å². The molecule has 1 aliphatic heterocycles. The highest BCUT2D eigenvalue weighted by Gasteiger charge is 2.34. The number of carboxylic acids is 1. The van der Waals surface area contributed by atoms with E-state index in [1.54, 1.807) is 30.3 Å². The number of hydrogen-bond acceptors (Lipinski definition) is 6. The summed E-state index contributed by atoms with van der Waals surface area (Å²) in [4.78, 5) is 37.7. The van der Waals surface area contributed by atoms with Crippen LogP contribution in [0.1, 0.15) is 21.9 Å². The normalized spacial score (nSPS) is 15.5. The van der Waals surface area contributed by atoms with Gasteiger partial charge in [-0.15, -0.1) is 0 Å². The number of carbonyl (C=O) groups is 3. The second-order valence-corrected chi connectivity index (χ2v) is 7.28. The van der Waals surface area contributed by atoms with Gasteiger partial charge in [-0.25, -0.2) is 4.79 Å². The third kappa shape index (κ3) is 4.14. The molecule has 8 nitrogen and oxygen atoms in total. The van der Waals surface area contributed by atoms with E-state index in [0.717, 1.165) is 0 Å². The molecule has 2 N–H and O–H groups in total. The van der Waals surface area contributed by atoms with E-state index >= 15 is 0 Å². The van der Waals surface area contributed by atoms with Crippen LogP contribution < -0.4 is 5.32 Å². The highest BCUT2D eigenvalue weighted by Crippen LogP contribution is 2.28. The molecule has 1 aliphatic rings.